The first-order chi connectivity index (χ1) is 15.7. The van der Waals surface area contributed by atoms with Crippen molar-refractivity contribution in [3.63, 3.8) is 0 Å². The smallest absolute Gasteiger partial charge is 0.160 e. The topological polar surface area (TPSA) is 38.8 Å². The molecule has 1 aliphatic heterocycles. The van der Waals surface area contributed by atoms with Gasteiger partial charge in [-0.05, 0) is 68.0 Å². The second kappa shape index (κ2) is 16.3. The first-order valence-electron chi connectivity index (χ1n) is 12.1. The molecule has 2 aromatic rings. The van der Waals surface area contributed by atoms with Gasteiger partial charge in [-0.25, -0.2) is 0 Å². The lowest BCUT2D eigenvalue weighted by atomic mass is 9.85. The average Bonchev–Trinajstić information content (AvgIpc) is 2.87. The third-order valence-corrected chi connectivity index (χ3v) is 5.73. The lowest BCUT2D eigenvalue weighted by molar-refractivity contribution is -0.111. The monoisotopic (exact) mass is 441 g/mol. The van der Waals surface area contributed by atoms with Gasteiger partial charge in [0.05, 0.1) is 14.2 Å². The summed E-state index contributed by atoms with van der Waals surface area (Å²) >= 11 is 0. The molecule has 0 saturated carbocycles. The van der Waals surface area contributed by atoms with E-state index in [4.69, 9.17) is 9.47 Å². The summed E-state index contributed by atoms with van der Waals surface area (Å²) in [6.07, 6.45) is 5.20. The maximum atomic E-state index is 11.7. The standard InChI is InChI=1S/C24H31NO3.2C2H6/c1-27-23-9-8-21(16-24(23)28-2)15-22(18-26)14-19-10-12-25(13-11-19)17-20-6-4-3-5-7-20;2*1-2/h3-9,16,18-19,22H,10-15,17H2,1-2H3;2*1-2H3. The SMILES string of the molecule is CC.CC.COc1ccc(CC(C=O)CC2CCN(Cc3ccccc3)CC2)cc1OC. The van der Waals surface area contributed by atoms with Crippen molar-refractivity contribution in [1.29, 1.82) is 0 Å². The highest BCUT2D eigenvalue weighted by molar-refractivity contribution is 5.55. The van der Waals surface area contributed by atoms with Crippen LogP contribution < -0.4 is 9.47 Å². The predicted octanol–water partition coefficient (Wildman–Crippen LogP) is 6.42. The number of aldehydes is 1. The lowest BCUT2D eigenvalue weighted by Crippen LogP contribution is -2.34. The van der Waals surface area contributed by atoms with E-state index < -0.39 is 0 Å². The van der Waals surface area contributed by atoms with Crippen LogP contribution in [0.4, 0.5) is 0 Å². The van der Waals surface area contributed by atoms with E-state index in [1.807, 2.05) is 45.9 Å². The number of piperidine rings is 1. The molecule has 1 aliphatic rings. The molecule has 178 valence electrons. The number of nitrogens with zero attached hydrogens (tertiary/aromatic N) is 1. The van der Waals surface area contributed by atoms with Crippen molar-refractivity contribution in [1.82, 2.24) is 4.90 Å². The molecule has 1 atom stereocenters. The zero-order valence-electron chi connectivity index (χ0n) is 21.0. The zero-order valence-corrected chi connectivity index (χ0v) is 21.0. The molecule has 1 heterocycles. The van der Waals surface area contributed by atoms with Crippen LogP contribution in [0.5, 0.6) is 11.5 Å². The van der Waals surface area contributed by atoms with Gasteiger partial charge in [0.25, 0.3) is 0 Å². The highest BCUT2D eigenvalue weighted by Gasteiger charge is 2.23. The van der Waals surface area contributed by atoms with Crippen LogP contribution in [-0.4, -0.2) is 38.5 Å². The summed E-state index contributed by atoms with van der Waals surface area (Å²) < 4.78 is 10.7. The number of hydrogen-bond donors (Lipinski definition) is 0. The van der Waals surface area contributed by atoms with E-state index in [-0.39, 0.29) is 5.92 Å². The number of hydrogen-bond acceptors (Lipinski definition) is 4. The Hall–Kier alpha value is -2.33. The van der Waals surface area contributed by atoms with Crippen LogP contribution in [0, 0.1) is 11.8 Å². The molecule has 1 saturated heterocycles. The van der Waals surface area contributed by atoms with E-state index in [1.54, 1.807) is 14.2 Å². The van der Waals surface area contributed by atoms with E-state index in [0.29, 0.717) is 5.92 Å². The molecule has 4 heteroatoms. The van der Waals surface area contributed by atoms with Crippen molar-refractivity contribution in [2.24, 2.45) is 11.8 Å². The molecule has 0 N–H and O–H groups in total. The van der Waals surface area contributed by atoms with Crippen molar-refractivity contribution < 1.29 is 14.3 Å². The molecule has 1 unspecified atom stereocenters. The highest BCUT2D eigenvalue weighted by Crippen LogP contribution is 2.30. The molecule has 3 rings (SSSR count). The molecular formula is C28H43NO3. The third-order valence-electron chi connectivity index (χ3n) is 5.73. The van der Waals surface area contributed by atoms with E-state index in [2.05, 4.69) is 35.2 Å². The molecule has 32 heavy (non-hydrogen) atoms. The molecule has 2 aromatic carbocycles. The molecule has 0 aromatic heterocycles. The number of likely N-dealkylation sites (tertiary alicyclic amines) is 1. The van der Waals surface area contributed by atoms with Gasteiger partial charge in [0.1, 0.15) is 6.29 Å². The van der Waals surface area contributed by atoms with Crippen molar-refractivity contribution in [3.05, 3.63) is 59.7 Å². The maximum absolute atomic E-state index is 11.7. The Kier molecular flexibility index (Phi) is 14.1. The fourth-order valence-corrected chi connectivity index (χ4v) is 4.15. The predicted molar refractivity (Wildman–Crippen MR) is 135 cm³/mol. The van der Waals surface area contributed by atoms with Gasteiger partial charge in [-0.15, -0.1) is 0 Å². The van der Waals surface area contributed by atoms with Crippen LogP contribution in [0.2, 0.25) is 0 Å². The molecule has 1 fully saturated rings. The Labute approximate surface area is 195 Å². The first kappa shape index (κ1) is 27.7. The molecule has 0 radical (unpaired) electrons. The fraction of sp³-hybridized carbons (Fsp3) is 0.536. The number of benzene rings is 2. The normalized spacial score (nSPS) is 14.8. The number of rotatable bonds is 9. The third kappa shape index (κ3) is 9.04. The van der Waals surface area contributed by atoms with Gasteiger partial charge in [0.2, 0.25) is 0 Å². The molecule has 0 spiro atoms. The molecule has 4 nitrogen and oxygen atoms in total. The summed E-state index contributed by atoms with van der Waals surface area (Å²) in [5.41, 5.74) is 2.50. The maximum Gasteiger partial charge on any atom is 0.160 e. The van der Waals surface area contributed by atoms with Gasteiger partial charge >= 0.3 is 0 Å². The summed E-state index contributed by atoms with van der Waals surface area (Å²) in [6.45, 7) is 11.2. The minimum Gasteiger partial charge on any atom is -0.493 e. The number of carbonyl (C=O) groups excluding carboxylic acids is 1. The largest absolute Gasteiger partial charge is 0.493 e. The van der Waals surface area contributed by atoms with E-state index in [0.717, 1.165) is 55.8 Å². The van der Waals surface area contributed by atoms with E-state index >= 15 is 0 Å². The van der Waals surface area contributed by atoms with Crippen LogP contribution >= 0.6 is 0 Å². The minimum absolute atomic E-state index is 0.0591. The summed E-state index contributed by atoms with van der Waals surface area (Å²) in [5.74, 6) is 2.13. The zero-order chi connectivity index (χ0) is 23.8. The van der Waals surface area contributed by atoms with Gasteiger partial charge in [-0.1, -0.05) is 64.1 Å². The Morgan fingerprint density at radius 2 is 1.53 bits per heavy atom. The van der Waals surface area contributed by atoms with Gasteiger partial charge in [0.15, 0.2) is 11.5 Å². The van der Waals surface area contributed by atoms with Gasteiger partial charge in [-0.3, -0.25) is 4.90 Å². The van der Waals surface area contributed by atoms with Gasteiger partial charge in [0, 0.05) is 12.5 Å². The Morgan fingerprint density at radius 1 is 0.906 bits per heavy atom. The van der Waals surface area contributed by atoms with Gasteiger partial charge in [-0.2, -0.15) is 0 Å². The average molecular weight is 442 g/mol. The van der Waals surface area contributed by atoms with Crippen LogP contribution in [0.3, 0.4) is 0 Å². The lowest BCUT2D eigenvalue weighted by Gasteiger charge is -2.33. The fourth-order valence-electron chi connectivity index (χ4n) is 4.15. The Morgan fingerprint density at radius 3 is 2.09 bits per heavy atom. The number of methoxy groups -OCH3 is 2. The van der Waals surface area contributed by atoms with Gasteiger partial charge < -0.3 is 14.3 Å². The molecule has 0 amide bonds. The number of ether oxygens (including phenoxy) is 2. The Bertz CT molecular complexity index is 740. The minimum atomic E-state index is 0.0591. The molecular weight excluding hydrogens is 398 g/mol. The summed E-state index contributed by atoms with van der Waals surface area (Å²) in [7, 11) is 3.28. The highest BCUT2D eigenvalue weighted by atomic mass is 16.5. The van der Waals surface area contributed by atoms with E-state index in [1.165, 1.54) is 18.4 Å². The quantitative estimate of drug-likeness (QED) is 0.421. The van der Waals surface area contributed by atoms with Crippen LogP contribution in [0.25, 0.3) is 0 Å². The van der Waals surface area contributed by atoms with Crippen LogP contribution in [0.15, 0.2) is 48.5 Å². The molecule has 0 aliphatic carbocycles. The molecule has 0 bridgehead atoms. The summed E-state index contributed by atoms with van der Waals surface area (Å²) in [6, 6.07) is 16.6. The summed E-state index contributed by atoms with van der Waals surface area (Å²) in [4.78, 5) is 14.2. The summed E-state index contributed by atoms with van der Waals surface area (Å²) in [5, 5.41) is 0. The van der Waals surface area contributed by atoms with Crippen LogP contribution in [-0.2, 0) is 17.8 Å². The second-order valence-electron chi connectivity index (χ2n) is 7.73. The van der Waals surface area contributed by atoms with E-state index in [9.17, 15) is 4.79 Å². The van der Waals surface area contributed by atoms with Crippen molar-refractivity contribution in [2.45, 2.75) is 59.9 Å². The number of carbonyl (C=O) groups is 1. The second-order valence-corrected chi connectivity index (χ2v) is 7.73. The van der Waals surface area contributed by atoms with Crippen molar-refractivity contribution >= 4 is 6.29 Å². The van der Waals surface area contributed by atoms with Crippen molar-refractivity contribution in [2.75, 3.05) is 27.3 Å². The van der Waals surface area contributed by atoms with Crippen LogP contribution in [0.1, 0.15) is 58.1 Å². The first-order valence-corrected chi connectivity index (χ1v) is 12.1. The Balaban J connectivity index is 0.00000121. The van der Waals surface area contributed by atoms with Crippen molar-refractivity contribution in [3.8, 4) is 11.5 Å².